The Balaban J connectivity index is 2.01. The maximum atomic E-state index is 3.34. The van der Waals surface area contributed by atoms with Gasteiger partial charge in [-0.3, -0.25) is 0 Å². The van der Waals surface area contributed by atoms with Crippen LogP contribution >= 0.6 is 0 Å². The second kappa shape index (κ2) is 5.58. The fraction of sp³-hybridized carbons (Fsp3) is 0.333. The minimum absolute atomic E-state index is 1.08. The molecule has 2 heteroatoms. The summed E-state index contributed by atoms with van der Waals surface area (Å²) in [5.41, 5.74) is 8.20. The van der Waals surface area contributed by atoms with Crippen LogP contribution in [-0.2, 0) is 25.7 Å². The van der Waals surface area contributed by atoms with E-state index < -0.39 is 0 Å². The number of rotatable bonds is 2. The molecular weight excluding hydrogens is 244 g/mol. The van der Waals surface area contributed by atoms with E-state index in [1.807, 2.05) is 14.1 Å². The summed E-state index contributed by atoms with van der Waals surface area (Å²) in [5, 5.41) is 6.68. The van der Waals surface area contributed by atoms with Crippen LogP contribution in [-0.4, -0.2) is 14.1 Å². The molecule has 4 aliphatic rings. The Morgan fingerprint density at radius 1 is 0.650 bits per heavy atom. The van der Waals surface area contributed by atoms with Crippen LogP contribution in [0.1, 0.15) is 22.3 Å². The first-order valence-corrected chi connectivity index (χ1v) is 7.39. The summed E-state index contributed by atoms with van der Waals surface area (Å²) in [6.07, 6.45) is 4.34. The van der Waals surface area contributed by atoms with Crippen molar-refractivity contribution in [3.05, 3.63) is 58.7 Å². The van der Waals surface area contributed by atoms with E-state index in [0.717, 1.165) is 25.7 Å². The summed E-state index contributed by atoms with van der Waals surface area (Å²) in [5.74, 6) is 0. The molecule has 20 heavy (non-hydrogen) atoms. The van der Waals surface area contributed by atoms with Gasteiger partial charge in [0.2, 0.25) is 0 Å². The molecule has 2 nitrogen and oxygen atoms in total. The molecule has 0 spiro atoms. The van der Waals surface area contributed by atoms with Crippen molar-refractivity contribution in [1.29, 1.82) is 0 Å². The maximum absolute atomic E-state index is 3.34. The first kappa shape index (κ1) is 13.0. The van der Waals surface area contributed by atoms with Crippen LogP contribution in [0.25, 0.3) is 0 Å². The number of hydrogen-bond acceptors (Lipinski definition) is 2. The highest BCUT2D eigenvalue weighted by molar-refractivity contribution is 5.56. The highest BCUT2D eigenvalue weighted by atomic mass is 14.8. The molecule has 0 fully saturated rings. The molecule has 0 aromatic heterocycles. The average molecular weight is 266 g/mol. The molecule has 0 heterocycles. The van der Waals surface area contributed by atoms with Gasteiger partial charge in [-0.1, -0.05) is 24.3 Å². The van der Waals surface area contributed by atoms with Gasteiger partial charge in [-0.05, 0) is 60.1 Å². The number of anilines is 2. The maximum Gasteiger partial charge on any atom is 0.0373 e. The minimum Gasteiger partial charge on any atom is -0.388 e. The fourth-order valence-electron chi connectivity index (χ4n) is 3.02. The van der Waals surface area contributed by atoms with Gasteiger partial charge < -0.3 is 10.6 Å². The second-order valence-corrected chi connectivity index (χ2v) is 5.48. The molecule has 2 aromatic rings. The molecule has 0 aliphatic heterocycles. The van der Waals surface area contributed by atoms with E-state index in [9.17, 15) is 0 Å². The van der Waals surface area contributed by atoms with Crippen LogP contribution in [0, 0.1) is 0 Å². The summed E-state index contributed by atoms with van der Waals surface area (Å²) >= 11 is 0. The SMILES string of the molecule is CNc1cc2ccc1CCc1ccc(c(NC)c1)CC2. The topological polar surface area (TPSA) is 24.1 Å². The number of benzene rings is 2. The third-order valence-corrected chi connectivity index (χ3v) is 4.25. The molecule has 2 aromatic carbocycles. The van der Waals surface area contributed by atoms with E-state index in [0.29, 0.717) is 0 Å². The van der Waals surface area contributed by atoms with Crippen LogP contribution in [0.15, 0.2) is 36.4 Å². The van der Waals surface area contributed by atoms with Crippen LogP contribution in [0.3, 0.4) is 0 Å². The minimum atomic E-state index is 1.08. The van der Waals surface area contributed by atoms with Crippen molar-refractivity contribution < 1.29 is 0 Å². The zero-order valence-electron chi connectivity index (χ0n) is 12.3. The van der Waals surface area contributed by atoms with E-state index in [2.05, 4.69) is 47.0 Å². The summed E-state index contributed by atoms with van der Waals surface area (Å²) in [6.45, 7) is 0. The quantitative estimate of drug-likeness (QED) is 0.867. The molecule has 2 N–H and O–H groups in total. The zero-order valence-corrected chi connectivity index (χ0v) is 12.3. The van der Waals surface area contributed by atoms with Crippen LogP contribution < -0.4 is 10.6 Å². The molecule has 4 aliphatic carbocycles. The largest absolute Gasteiger partial charge is 0.388 e. The van der Waals surface area contributed by atoms with Crippen molar-refractivity contribution in [2.45, 2.75) is 25.7 Å². The van der Waals surface area contributed by atoms with Gasteiger partial charge in [-0.25, -0.2) is 0 Å². The summed E-state index contributed by atoms with van der Waals surface area (Å²) < 4.78 is 0. The monoisotopic (exact) mass is 266 g/mol. The highest BCUT2D eigenvalue weighted by Gasteiger charge is 2.09. The molecule has 0 atom stereocenters. The smallest absolute Gasteiger partial charge is 0.0373 e. The standard InChI is InChI=1S/C18H22N2/c1-19-17-11-13-3-7-15(17)9-5-14-4-8-16(10-6-13)18(12-14)20-2/h3-4,7-8,11-12,19-20H,5-6,9-10H2,1-2H3. The Morgan fingerprint density at radius 3 is 1.50 bits per heavy atom. The van der Waals surface area contributed by atoms with Crippen molar-refractivity contribution >= 4 is 11.4 Å². The third kappa shape index (κ3) is 2.51. The van der Waals surface area contributed by atoms with E-state index in [1.165, 1.54) is 33.6 Å². The second-order valence-electron chi connectivity index (χ2n) is 5.48. The molecule has 6 rings (SSSR count). The van der Waals surface area contributed by atoms with Gasteiger partial charge in [0.1, 0.15) is 0 Å². The van der Waals surface area contributed by atoms with E-state index in [-0.39, 0.29) is 0 Å². The first-order valence-electron chi connectivity index (χ1n) is 7.39. The summed E-state index contributed by atoms with van der Waals surface area (Å²) in [6, 6.07) is 13.7. The Kier molecular flexibility index (Phi) is 3.64. The molecule has 0 radical (unpaired) electrons. The van der Waals surface area contributed by atoms with Crippen molar-refractivity contribution in [3.63, 3.8) is 0 Å². The lowest BCUT2D eigenvalue weighted by molar-refractivity contribution is 0.923. The lowest BCUT2D eigenvalue weighted by Gasteiger charge is -2.16. The van der Waals surface area contributed by atoms with Crippen molar-refractivity contribution in [3.8, 4) is 0 Å². The Labute approximate surface area is 121 Å². The zero-order chi connectivity index (χ0) is 13.9. The molecular formula is C18H22N2. The van der Waals surface area contributed by atoms with Crippen molar-refractivity contribution in [2.75, 3.05) is 24.7 Å². The van der Waals surface area contributed by atoms with Crippen molar-refractivity contribution in [2.24, 2.45) is 0 Å². The van der Waals surface area contributed by atoms with Gasteiger partial charge in [-0.2, -0.15) is 0 Å². The van der Waals surface area contributed by atoms with Crippen LogP contribution in [0.5, 0.6) is 0 Å². The molecule has 104 valence electrons. The predicted molar refractivity (Wildman–Crippen MR) is 86.8 cm³/mol. The lowest BCUT2D eigenvalue weighted by Crippen LogP contribution is -2.04. The molecule has 0 unspecified atom stereocenters. The summed E-state index contributed by atoms with van der Waals surface area (Å²) in [7, 11) is 4.03. The van der Waals surface area contributed by atoms with Gasteiger partial charge in [0.25, 0.3) is 0 Å². The van der Waals surface area contributed by atoms with E-state index >= 15 is 0 Å². The van der Waals surface area contributed by atoms with E-state index in [4.69, 9.17) is 0 Å². The normalized spacial score (nSPS) is 13.7. The van der Waals surface area contributed by atoms with Gasteiger partial charge in [0.15, 0.2) is 0 Å². The van der Waals surface area contributed by atoms with Gasteiger partial charge in [0, 0.05) is 25.5 Å². The van der Waals surface area contributed by atoms with Gasteiger partial charge in [-0.15, -0.1) is 0 Å². The summed E-state index contributed by atoms with van der Waals surface area (Å²) in [4.78, 5) is 0. The van der Waals surface area contributed by atoms with Gasteiger partial charge in [0.05, 0.1) is 0 Å². The Bertz CT molecular complexity index is 561. The lowest BCUT2D eigenvalue weighted by atomic mass is 9.94. The number of hydrogen-bond donors (Lipinski definition) is 2. The van der Waals surface area contributed by atoms with Crippen LogP contribution in [0.4, 0.5) is 11.4 Å². The third-order valence-electron chi connectivity index (χ3n) is 4.25. The molecule has 0 saturated carbocycles. The number of nitrogens with one attached hydrogen (secondary N) is 2. The molecule has 0 amide bonds. The Morgan fingerprint density at radius 2 is 1.10 bits per heavy atom. The fourth-order valence-corrected chi connectivity index (χ4v) is 3.02. The Hall–Kier alpha value is -1.96. The van der Waals surface area contributed by atoms with Gasteiger partial charge >= 0.3 is 0 Å². The van der Waals surface area contributed by atoms with Crippen LogP contribution in [0.2, 0.25) is 0 Å². The highest BCUT2D eigenvalue weighted by Crippen LogP contribution is 2.25. The number of aryl methyl sites for hydroxylation is 4. The average Bonchev–Trinajstić information content (AvgIpc) is 2.49. The van der Waals surface area contributed by atoms with Crippen molar-refractivity contribution in [1.82, 2.24) is 0 Å². The molecule has 4 bridgehead atoms. The van der Waals surface area contributed by atoms with E-state index in [1.54, 1.807) is 0 Å². The molecule has 0 saturated heterocycles. The predicted octanol–water partition coefficient (Wildman–Crippen LogP) is 3.65. The first-order chi connectivity index (χ1) is 9.80.